The van der Waals surface area contributed by atoms with Gasteiger partial charge >= 0.3 is 0 Å². The van der Waals surface area contributed by atoms with Crippen LogP contribution in [0.5, 0.6) is 0 Å². The lowest BCUT2D eigenvalue weighted by Gasteiger charge is -2.31. The molecule has 21 heavy (non-hydrogen) atoms. The molecule has 0 spiro atoms. The molecule has 0 aliphatic heterocycles. The standard InChI is InChI=1S/C17H26F3N/c1-6-7-21-15(8-11(2)17(3,4)5)16-13(19)9-12(18)10-14(16)20/h9-11,15,21H,6-8H2,1-5H3. The SMILES string of the molecule is CCCNC(CC(C)C(C)(C)C)c1c(F)cc(F)cc1F. The molecule has 0 saturated carbocycles. The van der Waals surface area contributed by atoms with Gasteiger partial charge in [0, 0.05) is 23.7 Å². The highest BCUT2D eigenvalue weighted by molar-refractivity contribution is 5.24. The molecule has 1 nitrogen and oxygen atoms in total. The molecule has 120 valence electrons. The van der Waals surface area contributed by atoms with Gasteiger partial charge in [-0.05, 0) is 30.7 Å². The third-order valence-electron chi connectivity index (χ3n) is 4.10. The topological polar surface area (TPSA) is 12.0 Å². The monoisotopic (exact) mass is 301 g/mol. The van der Waals surface area contributed by atoms with Gasteiger partial charge in [0.05, 0.1) is 0 Å². The third kappa shape index (κ3) is 5.03. The van der Waals surface area contributed by atoms with Crippen molar-refractivity contribution < 1.29 is 13.2 Å². The van der Waals surface area contributed by atoms with E-state index in [2.05, 4.69) is 33.0 Å². The van der Waals surface area contributed by atoms with Crippen LogP contribution in [0.25, 0.3) is 0 Å². The Hall–Kier alpha value is -1.03. The van der Waals surface area contributed by atoms with Crippen LogP contribution >= 0.6 is 0 Å². The number of halogens is 3. The van der Waals surface area contributed by atoms with Crippen LogP contribution in [0.3, 0.4) is 0 Å². The second-order valence-corrected chi connectivity index (χ2v) is 6.79. The summed E-state index contributed by atoms with van der Waals surface area (Å²) in [6, 6.07) is 1.06. The molecule has 0 aliphatic rings. The number of nitrogens with one attached hydrogen (secondary N) is 1. The van der Waals surface area contributed by atoms with Gasteiger partial charge < -0.3 is 5.32 Å². The van der Waals surface area contributed by atoms with Crippen molar-refractivity contribution in [2.45, 2.75) is 53.5 Å². The Morgan fingerprint density at radius 2 is 1.62 bits per heavy atom. The van der Waals surface area contributed by atoms with Crippen LogP contribution in [0.1, 0.15) is 59.1 Å². The summed E-state index contributed by atoms with van der Waals surface area (Å²) in [5.74, 6) is -2.26. The average molecular weight is 301 g/mol. The fourth-order valence-electron chi connectivity index (χ4n) is 2.22. The van der Waals surface area contributed by atoms with Crippen molar-refractivity contribution in [2.75, 3.05) is 6.54 Å². The van der Waals surface area contributed by atoms with E-state index in [1.165, 1.54) is 0 Å². The minimum atomic E-state index is -0.883. The second-order valence-electron chi connectivity index (χ2n) is 6.79. The Labute approximate surface area is 125 Å². The van der Waals surface area contributed by atoms with Gasteiger partial charge in [-0.15, -0.1) is 0 Å². The van der Waals surface area contributed by atoms with E-state index in [1.807, 2.05) is 6.92 Å². The first-order valence-corrected chi connectivity index (χ1v) is 7.54. The minimum Gasteiger partial charge on any atom is -0.310 e. The van der Waals surface area contributed by atoms with Crippen molar-refractivity contribution in [3.8, 4) is 0 Å². The van der Waals surface area contributed by atoms with Crippen molar-refractivity contribution >= 4 is 0 Å². The van der Waals surface area contributed by atoms with Crippen molar-refractivity contribution in [2.24, 2.45) is 11.3 Å². The molecule has 0 saturated heterocycles. The maximum atomic E-state index is 14.0. The third-order valence-corrected chi connectivity index (χ3v) is 4.10. The van der Waals surface area contributed by atoms with Gasteiger partial charge in [0.15, 0.2) is 0 Å². The van der Waals surface area contributed by atoms with E-state index in [9.17, 15) is 13.2 Å². The predicted molar refractivity (Wildman–Crippen MR) is 80.6 cm³/mol. The molecule has 1 N–H and O–H groups in total. The van der Waals surface area contributed by atoms with Crippen LogP contribution in [0, 0.1) is 28.8 Å². The first-order valence-electron chi connectivity index (χ1n) is 7.54. The molecule has 0 aliphatic carbocycles. The Kier molecular flexibility index (Phi) is 6.26. The van der Waals surface area contributed by atoms with Crippen LogP contribution in [0.4, 0.5) is 13.2 Å². The molecule has 1 rings (SSSR count). The summed E-state index contributed by atoms with van der Waals surface area (Å²) < 4.78 is 41.1. The van der Waals surface area contributed by atoms with Crippen LogP contribution in [0.2, 0.25) is 0 Å². The van der Waals surface area contributed by atoms with Gasteiger partial charge in [0.1, 0.15) is 17.5 Å². The molecule has 0 radical (unpaired) electrons. The first kappa shape index (κ1) is 18.0. The predicted octanol–water partition coefficient (Wildman–Crippen LogP) is 5.22. The van der Waals surface area contributed by atoms with E-state index < -0.39 is 23.5 Å². The molecule has 1 aromatic rings. The van der Waals surface area contributed by atoms with Crippen LogP contribution in [-0.2, 0) is 0 Å². The van der Waals surface area contributed by atoms with E-state index in [0.717, 1.165) is 18.6 Å². The Morgan fingerprint density at radius 3 is 2.05 bits per heavy atom. The Balaban J connectivity index is 3.08. The van der Waals surface area contributed by atoms with Crippen molar-refractivity contribution in [3.05, 3.63) is 35.1 Å². The Morgan fingerprint density at radius 1 is 1.10 bits per heavy atom. The summed E-state index contributed by atoms with van der Waals surface area (Å²) in [6.07, 6.45) is 1.47. The molecule has 2 atom stereocenters. The highest BCUT2D eigenvalue weighted by Gasteiger charge is 2.27. The lowest BCUT2D eigenvalue weighted by Crippen LogP contribution is -2.29. The maximum absolute atomic E-state index is 14.0. The molecule has 4 heteroatoms. The summed E-state index contributed by atoms with van der Waals surface area (Å²) in [6.45, 7) is 11.0. The smallest absolute Gasteiger partial charge is 0.133 e. The van der Waals surface area contributed by atoms with E-state index >= 15 is 0 Å². The molecule has 0 amide bonds. The summed E-state index contributed by atoms with van der Waals surface area (Å²) in [5.41, 5.74) is -0.0139. The highest BCUT2D eigenvalue weighted by atomic mass is 19.1. The number of benzene rings is 1. The van der Waals surface area contributed by atoms with E-state index in [-0.39, 0.29) is 16.9 Å². The number of hydrogen-bond donors (Lipinski definition) is 1. The van der Waals surface area contributed by atoms with E-state index in [4.69, 9.17) is 0 Å². The maximum Gasteiger partial charge on any atom is 0.133 e. The summed E-state index contributed by atoms with van der Waals surface area (Å²) in [7, 11) is 0. The summed E-state index contributed by atoms with van der Waals surface area (Å²) in [5, 5.41) is 3.19. The van der Waals surface area contributed by atoms with Crippen LogP contribution in [-0.4, -0.2) is 6.54 Å². The summed E-state index contributed by atoms with van der Waals surface area (Å²) in [4.78, 5) is 0. The molecular formula is C17H26F3N. The zero-order valence-corrected chi connectivity index (χ0v) is 13.6. The largest absolute Gasteiger partial charge is 0.310 e. The van der Waals surface area contributed by atoms with Gasteiger partial charge in [-0.1, -0.05) is 34.6 Å². The van der Waals surface area contributed by atoms with Gasteiger partial charge in [-0.2, -0.15) is 0 Å². The summed E-state index contributed by atoms with van der Waals surface area (Å²) >= 11 is 0. The van der Waals surface area contributed by atoms with Gasteiger partial charge in [0.2, 0.25) is 0 Å². The minimum absolute atomic E-state index is 0.0408. The molecule has 0 bridgehead atoms. The fourth-order valence-corrected chi connectivity index (χ4v) is 2.22. The van der Waals surface area contributed by atoms with Crippen LogP contribution < -0.4 is 5.32 Å². The molecule has 0 aromatic heterocycles. The average Bonchev–Trinajstić information content (AvgIpc) is 2.32. The molecule has 2 unspecified atom stereocenters. The van der Waals surface area contributed by atoms with Gasteiger partial charge in [-0.25, -0.2) is 13.2 Å². The van der Waals surface area contributed by atoms with Gasteiger partial charge in [0.25, 0.3) is 0 Å². The van der Waals surface area contributed by atoms with Gasteiger partial charge in [-0.3, -0.25) is 0 Å². The van der Waals surface area contributed by atoms with Crippen molar-refractivity contribution in [1.82, 2.24) is 5.32 Å². The number of rotatable bonds is 6. The molecule has 1 aromatic carbocycles. The van der Waals surface area contributed by atoms with Crippen molar-refractivity contribution in [3.63, 3.8) is 0 Å². The second kappa shape index (κ2) is 7.30. The number of hydrogen-bond acceptors (Lipinski definition) is 1. The lowest BCUT2D eigenvalue weighted by molar-refractivity contribution is 0.220. The fraction of sp³-hybridized carbons (Fsp3) is 0.647. The van der Waals surface area contributed by atoms with E-state index in [1.54, 1.807) is 0 Å². The highest BCUT2D eigenvalue weighted by Crippen LogP contribution is 2.35. The quantitative estimate of drug-likeness (QED) is 0.760. The lowest BCUT2D eigenvalue weighted by atomic mass is 9.77. The van der Waals surface area contributed by atoms with E-state index in [0.29, 0.717) is 13.0 Å². The zero-order chi connectivity index (χ0) is 16.2. The van der Waals surface area contributed by atoms with Crippen molar-refractivity contribution in [1.29, 1.82) is 0 Å². The normalized spacial score (nSPS) is 15.0. The Bertz CT molecular complexity index is 443. The molecule has 0 fully saturated rings. The zero-order valence-electron chi connectivity index (χ0n) is 13.6. The molecular weight excluding hydrogens is 275 g/mol. The van der Waals surface area contributed by atoms with Crippen LogP contribution in [0.15, 0.2) is 12.1 Å². The molecule has 0 heterocycles. The first-order chi connectivity index (χ1) is 9.66.